The highest BCUT2D eigenvalue weighted by Gasteiger charge is 2.67. The van der Waals surface area contributed by atoms with Gasteiger partial charge in [-0.2, -0.15) is 0 Å². The molecule has 0 saturated carbocycles. The van der Waals surface area contributed by atoms with Crippen molar-refractivity contribution < 1.29 is 19.4 Å². The Hall–Kier alpha value is -1.66. The molecule has 3 heterocycles. The van der Waals surface area contributed by atoms with Gasteiger partial charge in [-0.1, -0.05) is 24.3 Å². The molecule has 3 aliphatic heterocycles. The van der Waals surface area contributed by atoms with Gasteiger partial charge < -0.3 is 14.7 Å². The standard InChI is InChI=1S/C15H12BrNO4/c16-8-3-1-2-4-9(8)17-7-15-6-5-10(21-15)11(14(19)20)12(15)13(17)18/h1-6,10-12H,7H2,(H,19,20)/t10-,11-,12+,15-/m1/s1. The van der Waals surface area contributed by atoms with Crippen LogP contribution in [0.1, 0.15) is 0 Å². The molecule has 1 aromatic rings. The largest absolute Gasteiger partial charge is 0.481 e. The van der Waals surface area contributed by atoms with Crippen molar-refractivity contribution in [2.45, 2.75) is 11.7 Å². The maximum absolute atomic E-state index is 12.8. The average Bonchev–Trinajstić information content (AvgIpc) is 3.08. The van der Waals surface area contributed by atoms with Crippen LogP contribution >= 0.6 is 15.9 Å². The van der Waals surface area contributed by atoms with Crippen LogP contribution in [0.5, 0.6) is 0 Å². The number of aliphatic carboxylic acids is 1. The molecule has 1 spiro atoms. The van der Waals surface area contributed by atoms with Crippen LogP contribution in [0.15, 0.2) is 40.9 Å². The second-order valence-electron chi connectivity index (χ2n) is 5.61. The Labute approximate surface area is 129 Å². The number of carboxylic acid groups (broad SMARTS) is 1. The van der Waals surface area contributed by atoms with E-state index in [1.54, 1.807) is 11.0 Å². The van der Waals surface area contributed by atoms with E-state index in [4.69, 9.17) is 4.74 Å². The zero-order valence-corrected chi connectivity index (χ0v) is 12.5. The summed E-state index contributed by atoms with van der Waals surface area (Å²) in [5.41, 5.74) is -0.0454. The summed E-state index contributed by atoms with van der Waals surface area (Å²) in [5, 5.41) is 9.41. The van der Waals surface area contributed by atoms with Crippen molar-refractivity contribution in [3.8, 4) is 0 Å². The van der Waals surface area contributed by atoms with E-state index in [1.807, 2.05) is 30.3 Å². The van der Waals surface area contributed by atoms with Crippen molar-refractivity contribution in [1.29, 1.82) is 0 Å². The van der Waals surface area contributed by atoms with E-state index in [2.05, 4.69) is 15.9 Å². The number of carbonyl (C=O) groups is 2. The first-order chi connectivity index (χ1) is 10.0. The van der Waals surface area contributed by atoms with E-state index < -0.39 is 29.5 Å². The average molecular weight is 350 g/mol. The Balaban J connectivity index is 1.78. The van der Waals surface area contributed by atoms with Gasteiger partial charge in [-0.15, -0.1) is 0 Å². The highest BCUT2D eigenvalue weighted by molar-refractivity contribution is 9.10. The van der Waals surface area contributed by atoms with E-state index in [0.29, 0.717) is 6.54 Å². The molecule has 2 saturated heterocycles. The molecule has 0 unspecified atom stereocenters. The Morgan fingerprint density at radius 2 is 2.19 bits per heavy atom. The molecule has 108 valence electrons. The van der Waals surface area contributed by atoms with Crippen molar-refractivity contribution in [1.82, 2.24) is 0 Å². The third kappa shape index (κ3) is 1.60. The summed E-state index contributed by atoms with van der Waals surface area (Å²) < 4.78 is 6.66. The lowest BCUT2D eigenvalue weighted by molar-refractivity contribution is -0.146. The van der Waals surface area contributed by atoms with Crippen LogP contribution in [0.3, 0.4) is 0 Å². The fourth-order valence-electron chi connectivity index (χ4n) is 3.65. The maximum Gasteiger partial charge on any atom is 0.310 e. The lowest BCUT2D eigenvalue weighted by Crippen LogP contribution is -2.39. The first-order valence-electron chi connectivity index (χ1n) is 6.69. The summed E-state index contributed by atoms with van der Waals surface area (Å²) in [6.07, 6.45) is 3.14. The molecule has 1 amide bonds. The minimum Gasteiger partial charge on any atom is -0.481 e. The first kappa shape index (κ1) is 13.0. The van der Waals surface area contributed by atoms with E-state index >= 15 is 0 Å². The number of fused-ring (bicyclic) bond motifs is 1. The summed E-state index contributed by atoms with van der Waals surface area (Å²) in [6.45, 7) is 0.357. The predicted octanol–water partition coefficient (Wildman–Crippen LogP) is 1.82. The fourth-order valence-corrected chi connectivity index (χ4v) is 4.15. The van der Waals surface area contributed by atoms with E-state index in [-0.39, 0.29) is 5.91 Å². The number of rotatable bonds is 2. The lowest BCUT2D eigenvalue weighted by atomic mass is 9.77. The predicted molar refractivity (Wildman–Crippen MR) is 77.9 cm³/mol. The summed E-state index contributed by atoms with van der Waals surface area (Å²) in [6, 6.07) is 7.42. The minimum absolute atomic E-state index is 0.179. The zero-order valence-electron chi connectivity index (χ0n) is 10.9. The third-order valence-electron chi connectivity index (χ3n) is 4.53. The number of amides is 1. The number of nitrogens with zero attached hydrogens (tertiary/aromatic N) is 1. The zero-order chi connectivity index (χ0) is 14.8. The summed E-state index contributed by atoms with van der Waals surface area (Å²) in [5.74, 6) is -2.59. The molecule has 6 heteroatoms. The van der Waals surface area contributed by atoms with Gasteiger partial charge in [0.1, 0.15) is 11.5 Å². The van der Waals surface area contributed by atoms with Gasteiger partial charge in [-0.3, -0.25) is 9.59 Å². The molecule has 2 fully saturated rings. The smallest absolute Gasteiger partial charge is 0.310 e. The number of ether oxygens (including phenoxy) is 1. The van der Waals surface area contributed by atoms with Gasteiger partial charge in [0.05, 0.1) is 24.3 Å². The molecule has 2 bridgehead atoms. The molecule has 5 nitrogen and oxygen atoms in total. The SMILES string of the molecule is O=C(O)[C@H]1[C@H]2C(=O)N(c3ccccc3Br)C[C@]23C=C[C@H]1O3. The molecular weight excluding hydrogens is 338 g/mol. The van der Waals surface area contributed by atoms with E-state index in [9.17, 15) is 14.7 Å². The molecule has 3 aliphatic rings. The van der Waals surface area contributed by atoms with E-state index in [1.165, 1.54) is 0 Å². The Morgan fingerprint density at radius 1 is 1.43 bits per heavy atom. The monoisotopic (exact) mass is 349 g/mol. The minimum atomic E-state index is -0.974. The number of carbonyl (C=O) groups excluding carboxylic acids is 1. The van der Waals surface area contributed by atoms with E-state index in [0.717, 1.165) is 10.2 Å². The Bertz CT molecular complexity index is 688. The van der Waals surface area contributed by atoms with Gasteiger partial charge >= 0.3 is 5.97 Å². The second kappa shape index (κ2) is 4.18. The summed E-state index contributed by atoms with van der Waals surface area (Å²) in [4.78, 5) is 25.9. The highest BCUT2D eigenvalue weighted by atomic mass is 79.9. The number of para-hydroxylation sites is 1. The van der Waals surface area contributed by atoms with Crippen molar-refractivity contribution in [2.24, 2.45) is 11.8 Å². The van der Waals surface area contributed by atoms with Crippen LogP contribution in [0, 0.1) is 11.8 Å². The molecule has 4 atom stereocenters. The summed E-state index contributed by atoms with van der Waals surface area (Å²) in [7, 11) is 0. The first-order valence-corrected chi connectivity index (χ1v) is 7.49. The van der Waals surface area contributed by atoms with Gasteiger partial charge in [-0.05, 0) is 28.1 Å². The topological polar surface area (TPSA) is 66.8 Å². The van der Waals surface area contributed by atoms with Gasteiger partial charge in [0.15, 0.2) is 0 Å². The molecule has 4 rings (SSSR count). The molecule has 0 aliphatic carbocycles. The molecule has 21 heavy (non-hydrogen) atoms. The van der Waals surface area contributed by atoms with Gasteiger partial charge in [-0.25, -0.2) is 0 Å². The third-order valence-corrected chi connectivity index (χ3v) is 5.20. The fraction of sp³-hybridized carbons (Fsp3) is 0.333. The molecule has 0 radical (unpaired) electrons. The quantitative estimate of drug-likeness (QED) is 0.827. The van der Waals surface area contributed by atoms with Crippen LogP contribution in [0.25, 0.3) is 0 Å². The molecule has 1 N–H and O–H groups in total. The number of carboxylic acids is 1. The van der Waals surface area contributed by atoms with Gasteiger partial charge in [0, 0.05) is 4.47 Å². The molecular formula is C15H12BrNO4. The van der Waals surface area contributed by atoms with Crippen molar-refractivity contribution in [3.05, 3.63) is 40.9 Å². The number of hydrogen-bond acceptors (Lipinski definition) is 3. The molecule has 0 aromatic heterocycles. The normalized spacial score (nSPS) is 36.3. The van der Waals surface area contributed by atoms with Crippen molar-refractivity contribution >= 4 is 33.5 Å². The van der Waals surface area contributed by atoms with Gasteiger partial charge in [0.25, 0.3) is 0 Å². The Morgan fingerprint density at radius 3 is 2.90 bits per heavy atom. The van der Waals surface area contributed by atoms with Crippen molar-refractivity contribution in [3.63, 3.8) is 0 Å². The van der Waals surface area contributed by atoms with Crippen molar-refractivity contribution in [2.75, 3.05) is 11.4 Å². The van der Waals surface area contributed by atoms with Crippen LogP contribution in [0.4, 0.5) is 5.69 Å². The van der Waals surface area contributed by atoms with Crippen LogP contribution < -0.4 is 4.90 Å². The molecule has 1 aromatic carbocycles. The number of anilines is 1. The second-order valence-corrected chi connectivity index (χ2v) is 6.47. The highest BCUT2D eigenvalue weighted by Crippen LogP contribution is 2.53. The Kier molecular flexibility index (Phi) is 2.59. The van der Waals surface area contributed by atoms with Gasteiger partial charge in [0.2, 0.25) is 5.91 Å². The lowest BCUT2D eigenvalue weighted by Gasteiger charge is -2.22. The number of halogens is 1. The summed E-state index contributed by atoms with van der Waals surface area (Å²) >= 11 is 3.44. The van der Waals surface area contributed by atoms with Crippen LogP contribution in [-0.2, 0) is 14.3 Å². The van der Waals surface area contributed by atoms with Crippen LogP contribution in [-0.4, -0.2) is 35.2 Å². The maximum atomic E-state index is 12.8. The number of hydrogen-bond donors (Lipinski definition) is 1. The number of benzene rings is 1. The van der Waals surface area contributed by atoms with Crippen LogP contribution in [0.2, 0.25) is 0 Å².